The van der Waals surface area contributed by atoms with Crippen molar-refractivity contribution in [3.05, 3.63) is 29.3 Å². The maximum absolute atomic E-state index is 11.9. The summed E-state index contributed by atoms with van der Waals surface area (Å²) in [4.78, 5) is 11.9. The Balaban J connectivity index is 1.93. The summed E-state index contributed by atoms with van der Waals surface area (Å²) in [5, 5.41) is 12.5. The molecule has 2 unspecified atom stereocenters. The van der Waals surface area contributed by atoms with E-state index in [0.29, 0.717) is 17.8 Å². The van der Waals surface area contributed by atoms with Gasteiger partial charge >= 0.3 is 0 Å². The lowest BCUT2D eigenvalue weighted by Crippen LogP contribution is -2.32. The van der Waals surface area contributed by atoms with Crippen molar-refractivity contribution in [2.75, 3.05) is 12.3 Å². The molecule has 1 fully saturated rings. The molecule has 2 atom stereocenters. The van der Waals surface area contributed by atoms with E-state index in [1.165, 1.54) is 0 Å². The molecular weight excluding hydrogens is 228 g/mol. The summed E-state index contributed by atoms with van der Waals surface area (Å²) in [5.74, 6) is 0.0672. The average Bonchev–Trinajstić information content (AvgIpc) is 2.75. The molecule has 4 N–H and O–H groups in total. The number of rotatable bonds is 3. The van der Waals surface area contributed by atoms with E-state index in [4.69, 9.17) is 5.73 Å². The first kappa shape index (κ1) is 12.9. The smallest absolute Gasteiger partial charge is 0.251 e. The Morgan fingerprint density at radius 1 is 1.50 bits per heavy atom. The minimum atomic E-state index is -0.270. The van der Waals surface area contributed by atoms with Crippen LogP contribution in [-0.2, 0) is 0 Å². The standard InChI is InChI=1S/C14H20N2O2/c1-9-5-6-10(7-12(9)15)14(18)16-8-11-3-2-4-13(11)17/h5-7,11,13,17H,2-4,8,15H2,1H3,(H,16,18). The lowest BCUT2D eigenvalue weighted by atomic mass is 10.1. The van der Waals surface area contributed by atoms with Crippen LogP contribution >= 0.6 is 0 Å². The van der Waals surface area contributed by atoms with E-state index in [-0.39, 0.29) is 17.9 Å². The number of benzene rings is 1. The van der Waals surface area contributed by atoms with Crippen LogP contribution < -0.4 is 11.1 Å². The number of carbonyl (C=O) groups excluding carboxylic acids is 1. The molecule has 0 spiro atoms. The number of nitrogen functional groups attached to an aromatic ring is 1. The molecule has 2 rings (SSSR count). The van der Waals surface area contributed by atoms with E-state index < -0.39 is 0 Å². The lowest BCUT2D eigenvalue weighted by molar-refractivity contribution is 0.0917. The van der Waals surface area contributed by atoms with Crippen molar-refractivity contribution in [2.24, 2.45) is 5.92 Å². The fourth-order valence-corrected chi connectivity index (χ4v) is 2.36. The number of aliphatic hydroxyl groups excluding tert-OH is 1. The third-order valence-corrected chi connectivity index (χ3v) is 3.69. The van der Waals surface area contributed by atoms with Gasteiger partial charge in [0.1, 0.15) is 0 Å². The maximum atomic E-state index is 11.9. The zero-order chi connectivity index (χ0) is 13.1. The largest absolute Gasteiger partial charge is 0.398 e. The van der Waals surface area contributed by atoms with Gasteiger partial charge in [0.25, 0.3) is 5.91 Å². The predicted octanol–water partition coefficient (Wildman–Crippen LogP) is 1.47. The van der Waals surface area contributed by atoms with Crippen LogP contribution in [0.4, 0.5) is 5.69 Å². The van der Waals surface area contributed by atoms with Crippen molar-refractivity contribution in [3.63, 3.8) is 0 Å². The van der Waals surface area contributed by atoms with E-state index >= 15 is 0 Å². The molecule has 1 saturated carbocycles. The van der Waals surface area contributed by atoms with E-state index in [0.717, 1.165) is 24.8 Å². The molecule has 0 radical (unpaired) electrons. The van der Waals surface area contributed by atoms with Gasteiger partial charge in [-0.15, -0.1) is 0 Å². The van der Waals surface area contributed by atoms with E-state index in [1.807, 2.05) is 13.0 Å². The summed E-state index contributed by atoms with van der Waals surface area (Å²) in [6.45, 7) is 2.44. The van der Waals surface area contributed by atoms with Crippen LogP contribution in [0, 0.1) is 12.8 Å². The van der Waals surface area contributed by atoms with Gasteiger partial charge in [0.05, 0.1) is 6.10 Å². The summed E-state index contributed by atoms with van der Waals surface area (Å²) < 4.78 is 0. The van der Waals surface area contributed by atoms with E-state index in [1.54, 1.807) is 12.1 Å². The molecule has 1 aromatic carbocycles. The third kappa shape index (κ3) is 2.82. The van der Waals surface area contributed by atoms with Crippen LogP contribution in [0.25, 0.3) is 0 Å². The number of hydrogen-bond donors (Lipinski definition) is 3. The number of carbonyl (C=O) groups is 1. The molecule has 1 amide bonds. The SMILES string of the molecule is Cc1ccc(C(=O)NCC2CCCC2O)cc1N. The highest BCUT2D eigenvalue weighted by molar-refractivity contribution is 5.95. The minimum Gasteiger partial charge on any atom is -0.398 e. The quantitative estimate of drug-likeness (QED) is 0.709. The predicted molar refractivity (Wildman–Crippen MR) is 71.3 cm³/mol. The first-order chi connectivity index (χ1) is 8.58. The number of hydrogen-bond acceptors (Lipinski definition) is 3. The average molecular weight is 248 g/mol. The van der Waals surface area contributed by atoms with Crippen molar-refractivity contribution >= 4 is 11.6 Å². The molecule has 1 aliphatic carbocycles. The van der Waals surface area contributed by atoms with E-state index in [9.17, 15) is 9.90 Å². The van der Waals surface area contributed by atoms with Crippen LogP contribution in [0.5, 0.6) is 0 Å². The zero-order valence-corrected chi connectivity index (χ0v) is 10.6. The van der Waals surface area contributed by atoms with Crippen molar-refractivity contribution in [1.82, 2.24) is 5.32 Å². The second kappa shape index (κ2) is 5.40. The Morgan fingerprint density at radius 2 is 2.28 bits per heavy atom. The summed E-state index contributed by atoms with van der Waals surface area (Å²) in [7, 11) is 0. The Labute approximate surface area is 107 Å². The molecule has 1 aliphatic rings. The van der Waals surface area contributed by atoms with Gasteiger partial charge in [-0.05, 0) is 37.5 Å². The summed E-state index contributed by atoms with van der Waals surface area (Å²) in [6, 6.07) is 5.30. The fourth-order valence-electron chi connectivity index (χ4n) is 2.36. The Bertz CT molecular complexity index is 445. The van der Waals surface area contributed by atoms with Crippen LogP contribution in [0.3, 0.4) is 0 Å². The van der Waals surface area contributed by atoms with E-state index in [2.05, 4.69) is 5.32 Å². The number of nitrogens with two attached hydrogens (primary N) is 1. The van der Waals surface area contributed by atoms with Crippen molar-refractivity contribution in [1.29, 1.82) is 0 Å². The highest BCUT2D eigenvalue weighted by atomic mass is 16.3. The highest BCUT2D eigenvalue weighted by Crippen LogP contribution is 2.24. The second-order valence-corrected chi connectivity index (χ2v) is 5.04. The fraction of sp³-hybridized carbons (Fsp3) is 0.500. The Morgan fingerprint density at radius 3 is 2.89 bits per heavy atom. The van der Waals surface area contributed by atoms with Crippen LogP contribution in [0.15, 0.2) is 18.2 Å². The third-order valence-electron chi connectivity index (χ3n) is 3.69. The summed E-state index contributed by atoms with van der Waals surface area (Å²) >= 11 is 0. The number of aryl methyl sites for hydroxylation is 1. The van der Waals surface area contributed by atoms with Crippen LogP contribution in [0.1, 0.15) is 35.2 Å². The van der Waals surface area contributed by atoms with Gasteiger partial charge in [0.15, 0.2) is 0 Å². The minimum absolute atomic E-state index is 0.124. The normalized spacial score (nSPS) is 23.0. The van der Waals surface area contributed by atoms with Crippen molar-refractivity contribution in [2.45, 2.75) is 32.3 Å². The van der Waals surface area contributed by atoms with Crippen LogP contribution in [-0.4, -0.2) is 23.7 Å². The number of aliphatic hydroxyl groups is 1. The topological polar surface area (TPSA) is 75.3 Å². The van der Waals surface area contributed by atoms with Gasteiger partial charge in [-0.25, -0.2) is 0 Å². The highest BCUT2D eigenvalue weighted by Gasteiger charge is 2.25. The van der Waals surface area contributed by atoms with Crippen molar-refractivity contribution < 1.29 is 9.90 Å². The Kier molecular flexibility index (Phi) is 3.87. The first-order valence-electron chi connectivity index (χ1n) is 6.40. The maximum Gasteiger partial charge on any atom is 0.251 e. The molecule has 98 valence electrons. The molecule has 0 aliphatic heterocycles. The summed E-state index contributed by atoms with van der Waals surface area (Å²) in [6.07, 6.45) is 2.60. The van der Waals surface area contributed by atoms with Gasteiger partial charge in [-0.3, -0.25) is 4.79 Å². The zero-order valence-electron chi connectivity index (χ0n) is 10.6. The molecule has 18 heavy (non-hydrogen) atoms. The molecule has 0 saturated heterocycles. The molecule has 4 nitrogen and oxygen atoms in total. The molecular formula is C14H20N2O2. The van der Waals surface area contributed by atoms with Gasteiger partial charge in [-0.1, -0.05) is 12.5 Å². The second-order valence-electron chi connectivity index (χ2n) is 5.04. The van der Waals surface area contributed by atoms with Gasteiger partial charge in [-0.2, -0.15) is 0 Å². The van der Waals surface area contributed by atoms with Crippen LogP contribution in [0.2, 0.25) is 0 Å². The van der Waals surface area contributed by atoms with Gasteiger partial charge in [0.2, 0.25) is 0 Å². The van der Waals surface area contributed by atoms with Gasteiger partial charge < -0.3 is 16.2 Å². The monoisotopic (exact) mass is 248 g/mol. The number of amides is 1. The first-order valence-corrected chi connectivity index (χ1v) is 6.40. The van der Waals surface area contributed by atoms with Gasteiger partial charge in [0, 0.05) is 23.7 Å². The molecule has 4 heteroatoms. The number of anilines is 1. The molecule has 0 aromatic heterocycles. The molecule has 0 bridgehead atoms. The molecule has 0 heterocycles. The summed E-state index contributed by atoms with van der Waals surface area (Å²) in [5.41, 5.74) is 7.95. The van der Waals surface area contributed by atoms with Crippen molar-refractivity contribution in [3.8, 4) is 0 Å². The molecule has 1 aromatic rings. The number of nitrogens with one attached hydrogen (secondary N) is 1. The lowest BCUT2D eigenvalue weighted by Gasteiger charge is -2.15. The Hall–Kier alpha value is -1.55.